The molecular formula is C18H20ClN2OS+. The highest BCUT2D eigenvalue weighted by atomic mass is 35.5. The molecule has 1 fully saturated rings. The predicted molar refractivity (Wildman–Crippen MR) is 95.8 cm³/mol. The van der Waals surface area contributed by atoms with E-state index in [9.17, 15) is 4.79 Å². The fraction of sp³-hybridized carbons (Fsp3) is 0.278. The third kappa shape index (κ3) is 4.44. The largest absolute Gasteiger partial charge is 0.328 e. The molecule has 23 heavy (non-hydrogen) atoms. The molecule has 0 radical (unpaired) electrons. The Hall–Kier alpha value is -1.62. The molecule has 3 rings (SSSR count). The van der Waals surface area contributed by atoms with Crippen molar-refractivity contribution < 1.29 is 9.69 Å². The summed E-state index contributed by atoms with van der Waals surface area (Å²) in [4.78, 5) is 15.8. The first-order valence-corrected chi connectivity index (χ1v) is 9.10. The number of nitrogens with zero attached hydrogens (tertiary/aromatic N) is 1. The Bertz CT molecular complexity index is 676. The summed E-state index contributed by atoms with van der Waals surface area (Å²) in [5.74, 6) is 0.0690. The Morgan fingerprint density at radius 3 is 2.74 bits per heavy atom. The average molecular weight is 348 g/mol. The van der Waals surface area contributed by atoms with Crippen LogP contribution in [0.4, 0.5) is 0 Å². The highest BCUT2D eigenvalue weighted by molar-refractivity contribution is 7.07. The molecule has 1 saturated heterocycles. The molecule has 0 spiro atoms. The Balaban J connectivity index is 1.51. The van der Waals surface area contributed by atoms with Crippen molar-refractivity contribution in [2.75, 3.05) is 26.2 Å². The first kappa shape index (κ1) is 16.2. The number of thiophene rings is 1. The van der Waals surface area contributed by atoms with E-state index in [4.69, 9.17) is 11.6 Å². The van der Waals surface area contributed by atoms with Gasteiger partial charge in [-0.3, -0.25) is 4.79 Å². The first-order valence-electron chi connectivity index (χ1n) is 7.78. The van der Waals surface area contributed by atoms with Crippen LogP contribution in [0.5, 0.6) is 0 Å². The van der Waals surface area contributed by atoms with E-state index in [0.29, 0.717) is 5.02 Å². The summed E-state index contributed by atoms with van der Waals surface area (Å²) < 4.78 is 0. The van der Waals surface area contributed by atoms with Gasteiger partial charge in [0.25, 0.3) is 0 Å². The Kier molecular flexibility index (Phi) is 5.49. The molecule has 120 valence electrons. The molecule has 0 atom stereocenters. The predicted octanol–water partition coefficient (Wildman–Crippen LogP) is 2.34. The van der Waals surface area contributed by atoms with E-state index < -0.39 is 0 Å². The molecule has 2 aromatic rings. The van der Waals surface area contributed by atoms with Crippen LogP contribution in [-0.4, -0.2) is 37.0 Å². The van der Waals surface area contributed by atoms with E-state index in [0.717, 1.165) is 38.3 Å². The first-order chi connectivity index (χ1) is 11.2. The van der Waals surface area contributed by atoms with E-state index in [-0.39, 0.29) is 5.91 Å². The second-order valence-electron chi connectivity index (χ2n) is 5.74. The number of hydrogen-bond donors (Lipinski definition) is 1. The molecule has 1 aliphatic heterocycles. The maximum atomic E-state index is 12.3. The van der Waals surface area contributed by atoms with E-state index in [1.54, 1.807) is 28.4 Å². The number of carbonyl (C=O) groups is 1. The van der Waals surface area contributed by atoms with Gasteiger partial charge in [0, 0.05) is 16.7 Å². The minimum absolute atomic E-state index is 0.0690. The van der Waals surface area contributed by atoms with Crippen LogP contribution in [0.1, 0.15) is 11.1 Å². The lowest BCUT2D eigenvalue weighted by Gasteiger charge is -2.31. The topological polar surface area (TPSA) is 24.8 Å². The van der Waals surface area contributed by atoms with Gasteiger partial charge in [-0.2, -0.15) is 11.3 Å². The van der Waals surface area contributed by atoms with Crippen molar-refractivity contribution in [3.63, 3.8) is 0 Å². The van der Waals surface area contributed by atoms with Crippen LogP contribution in [0.3, 0.4) is 0 Å². The van der Waals surface area contributed by atoms with Crippen molar-refractivity contribution in [3.05, 3.63) is 63.3 Å². The van der Waals surface area contributed by atoms with Gasteiger partial charge >= 0.3 is 0 Å². The van der Waals surface area contributed by atoms with Gasteiger partial charge in [0.2, 0.25) is 5.91 Å². The molecule has 3 nitrogen and oxygen atoms in total. The molecule has 1 N–H and O–H groups in total. The lowest BCUT2D eigenvalue weighted by atomic mass is 10.2. The van der Waals surface area contributed by atoms with Gasteiger partial charge in [-0.1, -0.05) is 29.8 Å². The van der Waals surface area contributed by atoms with Crippen molar-refractivity contribution in [3.8, 4) is 0 Å². The number of carbonyl (C=O) groups excluding carboxylic acids is 1. The summed E-state index contributed by atoms with van der Waals surface area (Å²) in [6, 6.07) is 9.73. The molecule has 5 heteroatoms. The summed E-state index contributed by atoms with van der Waals surface area (Å²) in [5, 5.41) is 4.99. The van der Waals surface area contributed by atoms with E-state index >= 15 is 0 Å². The SMILES string of the molecule is O=C(/C=C/c1ccccc1Cl)N1CC[NH+](Cc2ccsc2)CC1. The van der Waals surface area contributed by atoms with Crippen LogP contribution in [-0.2, 0) is 11.3 Å². The number of piperazine rings is 1. The number of quaternary nitrogens is 1. The fourth-order valence-electron chi connectivity index (χ4n) is 2.78. The van der Waals surface area contributed by atoms with Crippen molar-refractivity contribution in [1.82, 2.24) is 4.90 Å². The van der Waals surface area contributed by atoms with E-state index in [2.05, 4.69) is 16.8 Å². The molecule has 2 heterocycles. The van der Waals surface area contributed by atoms with Gasteiger partial charge in [0.15, 0.2) is 0 Å². The zero-order valence-electron chi connectivity index (χ0n) is 12.9. The number of halogens is 1. The normalized spacial score (nSPS) is 16.1. The minimum atomic E-state index is 0.0690. The van der Waals surface area contributed by atoms with Gasteiger partial charge in [-0.25, -0.2) is 0 Å². The highest BCUT2D eigenvalue weighted by Crippen LogP contribution is 2.16. The van der Waals surface area contributed by atoms with Crippen LogP contribution < -0.4 is 4.90 Å². The molecular weight excluding hydrogens is 328 g/mol. The third-order valence-electron chi connectivity index (χ3n) is 4.13. The lowest BCUT2D eigenvalue weighted by molar-refractivity contribution is -0.917. The minimum Gasteiger partial charge on any atom is -0.328 e. The molecule has 1 amide bonds. The van der Waals surface area contributed by atoms with Crippen LogP contribution >= 0.6 is 22.9 Å². The molecule has 1 aliphatic rings. The van der Waals surface area contributed by atoms with Crippen LogP contribution in [0.15, 0.2) is 47.2 Å². The number of rotatable bonds is 4. The fourth-order valence-corrected chi connectivity index (χ4v) is 3.65. The van der Waals surface area contributed by atoms with Crippen LogP contribution in [0.25, 0.3) is 6.08 Å². The molecule has 1 aromatic heterocycles. The molecule has 0 unspecified atom stereocenters. The molecule has 0 aliphatic carbocycles. The van der Waals surface area contributed by atoms with Crippen molar-refractivity contribution in [1.29, 1.82) is 0 Å². The number of benzene rings is 1. The maximum absolute atomic E-state index is 12.3. The van der Waals surface area contributed by atoms with Crippen LogP contribution in [0.2, 0.25) is 5.02 Å². The highest BCUT2D eigenvalue weighted by Gasteiger charge is 2.22. The summed E-state index contributed by atoms with van der Waals surface area (Å²) in [5.41, 5.74) is 2.27. The molecule has 1 aromatic carbocycles. The maximum Gasteiger partial charge on any atom is 0.246 e. The number of nitrogens with one attached hydrogen (secondary N) is 1. The van der Waals surface area contributed by atoms with Crippen molar-refractivity contribution in [2.24, 2.45) is 0 Å². The monoisotopic (exact) mass is 347 g/mol. The standard InChI is InChI=1S/C18H19ClN2OS/c19-17-4-2-1-3-16(17)5-6-18(22)21-10-8-20(9-11-21)13-15-7-12-23-14-15/h1-7,12,14H,8-11,13H2/p+1/b6-5+. The van der Waals surface area contributed by atoms with Gasteiger partial charge in [0.05, 0.1) is 26.2 Å². The quantitative estimate of drug-likeness (QED) is 0.844. The Labute approximate surface area is 145 Å². The van der Waals surface area contributed by atoms with E-state index in [1.165, 1.54) is 5.56 Å². The van der Waals surface area contributed by atoms with Crippen molar-refractivity contribution >= 4 is 34.9 Å². The zero-order valence-corrected chi connectivity index (χ0v) is 14.4. The summed E-state index contributed by atoms with van der Waals surface area (Å²) >= 11 is 7.84. The number of amides is 1. The third-order valence-corrected chi connectivity index (χ3v) is 5.20. The van der Waals surface area contributed by atoms with Gasteiger partial charge in [-0.05, 0) is 34.5 Å². The summed E-state index contributed by atoms with van der Waals surface area (Å²) in [6.07, 6.45) is 3.43. The Morgan fingerprint density at radius 2 is 2.04 bits per heavy atom. The average Bonchev–Trinajstić information content (AvgIpc) is 3.07. The summed E-state index contributed by atoms with van der Waals surface area (Å²) in [7, 11) is 0. The van der Waals surface area contributed by atoms with Crippen LogP contribution in [0, 0.1) is 0 Å². The summed E-state index contributed by atoms with van der Waals surface area (Å²) in [6.45, 7) is 4.68. The van der Waals surface area contributed by atoms with E-state index in [1.807, 2.05) is 29.2 Å². The lowest BCUT2D eigenvalue weighted by Crippen LogP contribution is -3.13. The van der Waals surface area contributed by atoms with Gasteiger partial charge in [-0.15, -0.1) is 0 Å². The zero-order chi connectivity index (χ0) is 16.1. The second kappa shape index (κ2) is 7.77. The van der Waals surface area contributed by atoms with Crippen molar-refractivity contribution in [2.45, 2.75) is 6.54 Å². The Morgan fingerprint density at radius 1 is 1.26 bits per heavy atom. The van der Waals surface area contributed by atoms with Gasteiger partial charge in [0.1, 0.15) is 6.54 Å². The molecule has 0 bridgehead atoms. The smallest absolute Gasteiger partial charge is 0.246 e. The second-order valence-corrected chi connectivity index (χ2v) is 6.93. The van der Waals surface area contributed by atoms with Gasteiger partial charge < -0.3 is 9.80 Å². The number of hydrogen-bond acceptors (Lipinski definition) is 2. The molecule has 0 saturated carbocycles.